The lowest BCUT2D eigenvalue weighted by Gasteiger charge is -2.21. The molecular weight excluding hydrogens is 238 g/mol. The van der Waals surface area contributed by atoms with Crippen LogP contribution in [-0.2, 0) is 4.74 Å². The number of nitrogens with zero attached hydrogens (tertiary/aromatic N) is 4. The average molecular weight is 255 g/mol. The molecule has 0 radical (unpaired) electrons. The fourth-order valence-corrected chi connectivity index (χ4v) is 1.52. The maximum Gasteiger partial charge on any atom is 0.353 e. The third kappa shape index (κ3) is 3.27. The molecule has 0 bridgehead atoms. The Morgan fingerprint density at radius 2 is 2.22 bits per heavy atom. The molecule has 0 aliphatic rings. The normalized spacial score (nSPS) is 10.3. The minimum atomic E-state index is -0.562. The van der Waals surface area contributed by atoms with Gasteiger partial charge in [-0.1, -0.05) is 0 Å². The molecule has 1 heterocycles. The number of nitrogen functional groups attached to an aromatic ring is 1. The molecular formula is C10H17N5O3. The van der Waals surface area contributed by atoms with Crippen molar-refractivity contribution in [3.8, 4) is 0 Å². The molecule has 8 heteroatoms. The van der Waals surface area contributed by atoms with E-state index in [0.29, 0.717) is 26.3 Å². The van der Waals surface area contributed by atoms with Crippen LogP contribution in [0.3, 0.4) is 0 Å². The third-order valence-corrected chi connectivity index (χ3v) is 2.40. The van der Waals surface area contributed by atoms with E-state index in [1.54, 1.807) is 4.90 Å². The fourth-order valence-electron chi connectivity index (χ4n) is 1.52. The van der Waals surface area contributed by atoms with Crippen LogP contribution in [-0.4, -0.2) is 41.2 Å². The largest absolute Gasteiger partial charge is 0.380 e. The van der Waals surface area contributed by atoms with Crippen LogP contribution in [0.25, 0.3) is 0 Å². The van der Waals surface area contributed by atoms with Crippen LogP contribution in [0, 0.1) is 10.1 Å². The molecule has 0 aliphatic heterocycles. The molecule has 2 N–H and O–H groups in total. The van der Waals surface area contributed by atoms with E-state index in [4.69, 9.17) is 10.5 Å². The van der Waals surface area contributed by atoms with Gasteiger partial charge in [0.15, 0.2) is 0 Å². The molecule has 1 rings (SSSR count). The number of nitro groups is 1. The van der Waals surface area contributed by atoms with E-state index in [-0.39, 0.29) is 17.3 Å². The van der Waals surface area contributed by atoms with Crippen molar-refractivity contribution in [3.05, 3.63) is 16.4 Å². The Balaban J connectivity index is 2.98. The molecule has 18 heavy (non-hydrogen) atoms. The lowest BCUT2D eigenvalue weighted by molar-refractivity contribution is -0.383. The smallest absolute Gasteiger partial charge is 0.353 e. The lowest BCUT2D eigenvalue weighted by atomic mass is 10.3. The molecule has 0 atom stereocenters. The third-order valence-electron chi connectivity index (χ3n) is 2.40. The highest BCUT2D eigenvalue weighted by Gasteiger charge is 2.24. The maximum atomic E-state index is 11.0. The van der Waals surface area contributed by atoms with Gasteiger partial charge in [0.05, 0.1) is 11.5 Å². The van der Waals surface area contributed by atoms with Crippen molar-refractivity contribution in [2.75, 3.05) is 36.9 Å². The van der Waals surface area contributed by atoms with Crippen LogP contribution in [0.4, 0.5) is 17.3 Å². The zero-order valence-corrected chi connectivity index (χ0v) is 10.5. The molecule has 0 aliphatic carbocycles. The number of ether oxygens (including phenoxy) is 1. The van der Waals surface area contributed by atoms with Crippen LogP contribution >= 0.6 is 0 Å². The molecule has 0 saturated heterocycles. The number of rotatable bonds is 7. The second kappa shape index (κ2) is 6.70. The summed E-state index contributed by atoms with van der Waals surface area (Å²) in [6.07, 6.45) is 1.22. The first-order chi connectivity index (χ1) is 8.61. The minimum Gasteiger partial charge on any atom is -0.380 e. The average Bonchev–Trinajstić information content (AvgIpc) is 2.34. The Kier molecular flexibility index (Phi) is 5.25. The van der Waals surface area contributed by atoms with Gasteiger partial charge >= 0.3 is 5.69 Å². The van der Waals surface area contributed by atoms with Gasteiger partial charge in [-0.25, -0.2) is 9.97 Å². The summed E-state index contributed by atoms with van der Waals surface area (Å²) in [5.74, 6) is 0.106. The zero-order valence-electron chi connectivity index (χ0n) is 10.5. The van der Waals surface area contributed by atoms with E-state index in [2.05, 4.69) is 9.97 Å². The van der Waals surface area contributed by atoms with Crippen molar-refractivity contribution in [3.63, 3.8) is 0 Å². The molecule has 1 aromatic rings. The van der Waals surface area contributed by atoms with Crippen LogP contribution in [0.5, 0.6) is 0 Å². The number of hydrogen-bond acceptors (Lipinski definition) is 7. The number of aromatic nitrogens is 2. The van der Waals surface area contributed by atoms with Gasteiger partial charge in [0.1, 0.15) is 6.33 Å². The predicted molar refractivity (Wildman–Crippen MR) is 67.5 cm³/mol. The van der Waals surface area contributed by atoms with Crippen molar-refractivity contribution in [1.29, 1.82) is 0 Å². The predicted octanol–water partition coefficient (Wildman–Crippen LogP) is 0.830. The zero-order chi connectivity index (χ0) is 13.5. The number of nitrogens with two attached hydrogens (primary N) is 1. The van der Waals surface area contributed by atoms with Gasteiger partial charge in [0.25, 0.3) is 0 Å². The minimum absolute atomic E-state index is 0.125. The topological polar surface area (TPSA) is 107 Å². The highest BCUT2D eigenvalue weighted by Crippen LogP contribution is 2.29. The lowest BCUT2D eigenvalue weighted by Crippen LogP contribution is -2.29. The number of likely N-dealkylation sites (N-methyl/N-ethyl adjacent to an activating group) is 1. The molecule has 100 valence electrons. The van der Waals surface area contributed by atoms with E-state index < -0.39 is 4.92 Å². The molecule has 0 amide bonds. The Hall–Kier alpha value is -1.96. The summed E-state index contributed by atoms with van der Waals surface area (Å²) in [6, 6.07) is 0. The standard InChI is InChI=1S/C10H17N5O3/c1-3-14(5-6-18-4-2)10-8(15(16)17)9(11)12-7-13-10/h7H,3-6H2,1-2H3,(H2,11,12,13). The first-order valence-electron chi connectivity index (χ1n) is 5.69. The Bertz CT molecular complexity index is 412. The van der Waals surface area contributed by atoms with Crippen LogP contribution in [0.15, 0.2) is 6.33 Å². The van der Waals surface area contributed by atoms with Crippen LogP contribution in [0.2, 0.25) is 0 Å². The first kappa shape index (κ1) is 14.1. The van der Waals surface area contributed by atoms with E-state index in [1.165, 1.54) is 6.33 Å². The first-order valence-corrected chi connectivity index (χ1v) is 5.69. The summed E-state index contributed by atoms with van der Waals surface area (Å²) in [6.45, 7) is 5.94. The highest BCUT2D eigenvalue weighted by atomic mass is 16.6. The van der Waals surface area contributed by atoms with E-state index in [0.717, 1.165) is 0 Å². The summed E-state index contributed by atoms with van der Waals surface area (Å²) in [5, 5.41) is 11.0. The van der Waals surface area contributed by atoms with Gasteiger partial charge < -0.3 is 15.4 Å². The molecule has 1 aromatic heterocycles. The van der Waals surface area contributed by atoms with Gasteiger partial charge in [0, 0.05) is 19.7 Å². The number of anilines is 2. The monoisotopic (exact) mass is 255 g/mol. The van der Waals surface area contributed by atoms with Gasteiger partial charge in [-0.15, -0.1) is 0 Å². The van der Waals surface area contributed by atoms with Gasteiger partial charge in [-0.2, -0.15) is 0 Å². The van der Waals surface area contributed by atoms with Gasteiger partial charge in [-0.05, 0) is 13.8 Å². The molecule has 0 unspecified atom stereocenters. The summed E-state index contributed by atoms with van der Waals surface area (Å²) >= 11 is 0. The second-order valence-corrected chi connectivity index (χ2v) is 3.46. The Morgan fingerprint density at radius 3 is 2.78 bits per heavy atom. The quantitative estimate of drug-likeness (QED) is 0.436. The SMILES string of the molecule is CCOCCN(CC)c1ncnc(N)c1[N+](=O)[O-]. The summed E-state index contributed by atoms with van der Waals surface area (Å²) in [5.41, 5.74) is 5.27. The van der Waals surface area contributed by atoms with Crippen molar-refractivity contribution in [1.82, 2.24) is 9.97 Å². The van der Waals surface area contributed by atoms with Crippen LogP contribution in [0.1, 0.15) is 13.8 Å². The Labute approximate surface area is 105 Å². The fraction of sp³-hybridized carbons (Fsp3) is 0.600. The molecule has 8 nitrogen and oxygen atoms in total. The van der Waals surface area contributed by atoms with E-state index >= 15 is 0 Å². The molecule has 0 spiro atoms. The molecule has 0 saturated carbocycles. The summed E-state index contributed by atoms with van der Waals surface area (Å²) in [4.78, 5) is 19.8. The van der Waals surface area contributed by atoms with Crippen LogP contribution < -0.4 is 10.6 Å². The molecule has 0 fully saturated rings. The van der Waals surface area contributed by atoms with Crippen molar-refractivity contribution < 1.29 is 9.66 Å². The van der Waals surface area contributed by atoms with Gasteiger partial charge in [0.2, 0.25) is 11.6 Å². The second-order valence-electron chi connectivity index (χ2n) is 3.46. The number of hydrogen-bond donors (Lipinski definition) is 1. The van der Waals surface area contributed by atoms with Crippen molar-refractivity contribution >= 4 is 17.3 Å². The summed E-state index contributed by atoms with van der Waals surface area (Å²) < 4.78 is 5.23. The maximum absolute atomic E-state index is 11.0. The van der Waals surface area contributed by atoms with E-state index in [1.807, 2.05) is 13.8 Å². The molecule has 0 aromatic carbocycles. The Morgan fingerprint density at radius 1 is 1.50 bits per heavy atom. The van der Waals surface area contributed by atoms with Gasteiger partial charge in [-0.3, -0.25) is 10.1 Å². The van der Waals surface area contributed by atoms with Crippen molar-refractivity contribution in [2.45, 2.75) is 13.8 Å². The van der Waals surface area contributed by atoms with E-state index in [9.17, 15) is 10.1 Å². The highest BCUT2D eigenvalue weighted by molar-refractivity contribution is 5.68. The summed E-state index contributed by atoms with van der Waals surface area (Å²) in [7, 11) is 0. The van der Waals surface area contributed by atoms with Crippen molar-refractivity contribution in [2.24, 2.45) is 0 Å².